The van der Waals surface area contributed by atoms with Crippen LogP contribution in [0.2, 0.25) is 5.02 Å². The second kappa shape index (κ2) is 7.17. The molecule has 0 bridgehead atoms. The highest BCUT2D eigenvalue weighted by molar-refractivity contribution is 7.92. The van der Waals surface area contributed by atoms with Crippen molar-refractivity contribution in [3.05, 3.63) is 52.5 Å². The Morgan fingerprint density at radius 3 is 2.62 bits per heavy atom. The van der Waals surface area contributed by atoms with Crippen molar-refractivity contribution in [2.75, 3.05) is 29.3 Å². The molecule has 138 valence electrons. The summed E-state index contributed by atoms with van der Waals surface area (Å²) in [6.45, 7) is 5.03. The molecule has 0 radical (unpaired) electrons. The van der Waals surface area contributed by atoms with Crippen LogP contribution in [-0.2, 0) is 14.8 Å². The van der Waals surface area contributed by atoms with Gasteiger partial charge in [-0.1, -0.05) is 23.7 Å². The summed E-state index contributed by atoms with van der Waals surface area (Å²) in [7, 11) is -3.72. The van der Waals surface area contributed by atoms with Gasteiger partial charge in [-0.3, -0.25) is 9.52 Å². The topological polar surface area (TPSA) is 78.5 Å². The van der Waals surface area contributed by atoms with Crippen LogP contribution in [0.25, 0.3) is 0 Å². The Hall–Kier alpha value is -2.25. The van der Waals surface area contributed by atoms with Crippen molar-refractivity contribution in [3.63, 3.8) is 0 Å². The fraction of sp³-hybridized carbons (Fsp3) is 0.278. The molecule has 1 amide bonds. The van der Waals surface area contributed by atoms with Crippen LogP contribution in [0, 0.1) is 13.8 Å². The molecule has 1 aliphatic rings. The average molecular weight is 394 g/mol. The van der Waals surface area contributed by atoms with Crippen LogP contribution in [-0.4, -0.2) is 34.0 Å². The zero-order valence-electron chi connectivity index (χ0n) is 14.5. The number of nitrogens with zero attached hydrogens (tertiary/aromatic N) is 1. The van der Waals surface area contributed by atoms with Crippen molar-refractivity contribution in [3.8, 4) is 0 Å². The van der Waals surface area contributed by atoms with Crippen molar-refractivity contribution >= 4 is 38.9 Å². The van der Waals surface area contributed by atoms with Gasteiger partial charge >= 0.3 is 0 Å². The number of carbonyl (C=O) groups excluding carboxylic acids is 1. The van der Waals surface area contributed by atoms with Gasteiger partial charge in [-0.15, -0.1) is 0 Å². The SMILES string of the molecule is Cc1ccc(C)c(S(=O)(=O)Nc2ccc(N3CCNC(=O)C3)c(Cl)c2)c1. The van der Waals surface area contributed by atoms with E-state index >= 15 is 0 Å². The first kappa shape index (κ1) is 18.5. The quantitative estimate of drug-likeness (QED) is 0.837. The van der Waals surface area contributed by atoms with Crippen LogP contribution >= 0.6 is 11.6 Å². The summed E-state index contributed by atoms with van der Waals surface area (Å²) in [6, 6.07) is 10.2. The van der Waals surface area contributed by atoms with Crippen molar-refractivity contribution in [1.82, 2.24) is 5.32 Å². The highest BCUT2D eigenvalue weighted by Gasteiger charge is 2.21. The lowest BCUT2D eigenvalue weighted by atomic mass is 10.2. The predicted octanol–water partition coefficient (Wildman–Crippen LogP) is 2.69. The molecule has 0 unspecified atom stereocenters. The second-order valence-corrected chi connectivity index (χ2v) is 8.37. The van der Waals surface area contributed by atoms with E-state index in [0.29, 0.717) is 35.1 Å². The Balaban J connectivity index is 1.85. The van der Waals surface area contributed by atoms with E-state index in [1.807, 2.05) is 17.9 Å². The second-order valence-electron chi connectivity index (χ2n) is 6.31. The van der Waals surface area contributed by atoms with Crippen LogP contribution in [0.15, 0.2) is 41.3 Å². The highest BCUT2D eigenvalue weighted by Crippen LogP contribution is 2.30. The van der Waals surface area contributed by atoms with Crippen LogP contribution in [0.5, 0.6) is 0 Å². The van der Waals surface area contributed by atoms with Crippen molar-refractivity contribution in [2.45, 2.75) is 18.7 Å². The number of carbonyl (C=O) groups is 1. The molecule has 1 saturated heterocycles. The molecule has 3 rings (SSSR count). The van der Waals surface area contributed by atoms with Crippen molar-refractivity contribution in [1.29, 1.82) is 0 Å². The molecular weight excluding hydrogens is 374 g/mol. The zero-order valence-corrected chi connectivity index (χ0v) is 16.1. The number of nitrogens with one attached hydrogen (secondary N) is 2. The Bertz CT molecular complexity index is 960. The smallest absolute Gasteiger partial charge is 0.262 e. The number of aryl methyl sites for hydroxylation is 2. The molecule has 1 heterocycles. The Morgan fingerprint density at radius 2 is 1.92 bits per heavy atom. The van der Waals surface area contributed by atoms with E-state index in [1.165, 1.54) is 0 Å². The molecule has 1 fully saturated rings. The van der Waals surface area contributed by atoms with Gasteiger partial charge in [0.1, 0.15) is 0 Å². The molecule has 1 aliphatic heterocycles. The van der Waals surface area contributed by atoms with Crippen molar-refractivity contribution in [2.24, 2.45) is 0 Å². The molecule has 0 aliphatic carbocycles. The van der Waals surface area contributed by atoms with E-state index in [-0.39, 0.29) is 17.3 Å². The van der Waals surface area contributed by atoms with Gasteiger partial charge in [-0.2, -0.15) is 0 Å². The van der Waals surface area contributed by atoms with E-state index in [0.717, 1.165) is 5.56 Å². The van der Waals surface area contributed by atoms with Crippen LogP contribution in [0.4, 0.5) is 11.4 Å². The normalized spacial score (nSPS) is 14.9. The minimum atomic E-state index is -3.72. The number of rotatable bonds is 4. The molecule has 26 heavy (non-hydrogen) atoms. The number of sulfonamides is 1. The number of piperazine rings is 1. The van der Waals surface area contributed by atoms with E-state index in [1.54, 1.807) is 37.3 Å². The number of hydrogen-bond acceptors (Lipinski definition) is 4. The highest BCUT2D eigenvalue weighted by atomic mass is 35.5. The summed E-state index contributed by atoms with van der Waals surface area (Å²) in [4.78, 5) is 13.6. The number of anilines is 2. The summed E-state index contributed by atoms with van der Waals surface area (Å²) in [5, 5.41) is 3.15. The summed E-state index contributed by atoms with van der Waals surface area (Å²) >= 11 is 6.33. The summed E-state index contributed by atoms with van der Waals surface area (Å²) in [5.41, 5.74) is 2.62. The van der Waals surface area contributed by atoms with Gasteiger partial charge in [0.05, 0.1) is 27.8 Å². The third kappa shape index (κ3) is 3.94. The number of amides is 1. The van der Waals surface area contributed by atoms with E-state index in [4.69, 9.17) is 11.6 Å². The predicted molar refractivity (Wildman–Crippen MR) is 103 cm³/mol. The van der Waals surface area contributed by atoms with E-state index in [9.17, 15) is 13.2 Å². The molecule has 2 N–H and O–H groups in total. The average Bonchev–Trinajstić information content (AvgIpc) is 2.56. The van der Waals surface area contributed by atoms with Crippen molar-refractivity contribution < 1.29 is 13.2 Å². The maximum atomic E-state index is 12.7. The van der Waals surface area contributed by atoms with Gasteiger partial charge in [0.2, 0.25) is 5.91 Å². The minimum absolute atomic E-state index is 0.0629. The Morgan fingerprint density at radius 1 is 1.15 bits per heavy atom. The van der Waals surface area contributed by atoms with Crippen LogP contribution in [0.1, 0.15) is 11.1 Å². The van der Waals surface area contributed by atoms with E-state index < -0.39 is 10.0 Å². The van der Waals surface area contributed by atoms with Gasteiger partial charge in [0, 0.05) is 13.1 Å². The maximum absolute atomic E-state index is 12.7. The standard InChI is InChI=1S/C18H20ClN3O3S/c1-12-3-4-13(2)17(9-12)26(24,25)21-14-5-6-16(15(19)10-14)22-8-7-20-18(23)11-22/h3-6,9-10,21H,7-8,11H2,1-2H3,(H,20,23). The van der Waals surface area contributed by atoms with Gasteiger partial charge in [0.25, 0.3) is 10.0 Å². The third-order valence-corrected chi connectivity index (χ3v) is 6.04. The number of benzene rings is 2. The first-order valence-electron chi connectivity index (χ1n) is 8.17. The fourth-order valence-electron chi connectivity index (χ4n) is 2.88. The zero-order chi connectivity index (χ0) is 18.9. The molecule has 0 spiro atoms. The Kier molecular flexibility index (Phi) is 5.11. The van der Waals surface area contributed by atoms with Gasteiger partial charge < -0.3 is 10.2 Å². The van der Waals surface area contributed by atoms with E-state index in [2.05, 4.69) is 10.0 Å². The summed E-state index contributed by atoms with van der Waals surface area (Å²) in [5.74, 6) is -0.0629. The monoisotopic (exact) mass is 393 g/mol. The molecule has 0 aromatic heterocycles. The summed E-state index contributed by atoms with van der Waals surface area (Å²) < 4.78 is 28.0. The van der Waals surface area contributed by atoms with Gasteiger partial charge in [-0.05, 0) is 49.2 Å². The molecule has 0 atom stereocenters. The van der Waals surface area contributed by atoms with Gasteiger partial charge in [-0.25, -0.2) is 8.42 Å². The molecule has 2 aromatic rings. The number of hydrogen-bond donors (Lipinski definition) is 2. The fourth-order valence-corrected chi connectivity index (χ4v) is 4.56. The molecule has 0 saturated carbocycles. The Labute approximate surface area is 158 Å². The third-order valence-electron chi connectivity index (χ3n) is 4.21. The first-order valence-corrected chi connectivity index (χ1v) is 10.0. The lowest BCUT2D eigenvalue weighted by molar-refractivity contribution is -0.120. The lowest BCUT2D eigenvalue weighted by Gasteiger charge is -2.29. The maximum Gasteiger partial charge on any atom is 0.262 e. The molecule has 2 aromatic carbocycles. The molecular formula is C18H20ClN3O3S. The minimum Gasteiger partial charge on any atom is -0.359 e. The molecule has 6 nitrogen and oxygen atoms in total. The first-order chi connectivity index (χ1) is 12.3. The largest absolute Gasteiger partial charge is 0.359 e. The van der Waals surface area contributed by atoms with Gasteiger partial charge in [0.15, 0.2) is 0 Å². The summed E-state index contributed by atoms with van der Waals surface area (Å²) in [6.07, 6.45) is 0. The number of halogens is 1. The molecule has 8 heteroatoms. The van der Waals surface area contributed by atoms with Crippen LogP contribution in [0.3, 0.4) is 0 Å². The van der Waals surface area contributed by atoms with Crippen LogP contribution < -0.4 is 14.9 Å². The lowest BCUT2D eigenvalue weighted by Crippen LogP contribution is -2.47.